The van der Waals surface area contributed by atoms with E-state index in [1.807, 2.05) is 0 Å². The van der Waals surface area contributed by atoms with Gasteiger partial charge in [-0.1, -0.05) is 28.4 Å². The van der Waals surface area contributed by atoms with Crippen molar-refractivity contribution >= 4 is 29.1 Å². The molecule has 1 aliphatic heterocycles. The van der Waals surface area contributed by atoms with Crippen molar-refractivity contribution in [1.82, 2.24) is 5.16 Å². The van der Waals surface area contributed by atoms with Gasteiger partial charge in [0, 0.05) is 11.6 Å². The minimum atomic E-state index is 0.230. The highest BCUT2D eigenvalue weighted by Gasteiger charge is 2.17. The molecule has 1 aliphatic rings. The summed E-state index contributed by atoms with van der Waals surface area (Å²) in [4.78, 5) is 4.21. The van der Waals surface area contributed by atoms with Crippen molar-refractivity contribution in [3.8, 4) is 11.7 Å². The maximum atomic E-state index is 6.19. The molecule has 0 aliphatic carbocycles. The molecule has 0 fully saturated rings. The zero-order valence-corrected chi connectivity index (χ0v) is 12.0. The van der Waals surface area contributed by atoms with E-state index >= 15 is 0 Å². The first-order valence-corrected chi connectivity index (χ1v) is 6.67. The monoisotopic (exact) mass is 312 g/mol. The van der Waals surface area contributed by atoms with Crippen LogP contribution in [0.15, 0.2) is 27.7 Å². The van der Waals surface area contributed by atoms with Crippen molar-refractivity contribution in [2.45, 2.75) is 6.92 Å². The Bertz CT molecular complexity index is 659. The Morgan fingerprint density at radius 2 is 1.95 bits per heavy atom. The first kappa shape index (κ1) is 13.3. The van der Waals surface area contributed by atoms with E-state index in [2.05, 4.69) is 10.1 Å². The highest BCUT2D eigenvalue weighted by Crippen LogP contribution is 2.37. The number of nitrogens with zero attached hydrogens (tertiary/aromatic N) is 2. The lowest BCUT2D eigenvalue weighted by atomic mass is 10.2. The highest BCUT2D eigenvalue weighted by atomic mass is 35.5. The third kappa shape index (κ3) is 2.59. The van der Waals surface area contributed by atoms with Crippen LogP contribution in [0.25, 0.3) is 0 Å². The van der Waals surface area contributed by atoms with Crippen LogP contribution in [0.5, 0.6) is 11.7 Å². The van der Waals surface area contributed by atoms with Gasteiger partial charge in [-0.3, -0.25) is 0 Å². The van der Waals surface area contributed by atoms with Gasteiger partial charge in [-0.2, -0.15) is 0 Å². The Hall–Kier alpha value is -1.72. The average Bonchev–Trinajstić information content (AvgIpc) is 3.05. The lowest BCUT2D eigenvalue weighted by Crippen LogP contribution is -2.01. The number of aryl methyl sites for hydroxylation is 1. The van der Waals surface area contributed by atoms with Gasteiger partial charge in [0.05, 0.1) is 22.3 Å². The van der Waals surface area contributed by atoms with Gasteiger partial charge in [0.15, 0.2) is 5.75 Å². The summed E-state index contributed by atoms with van der Waals surface area (Å²) < 4.78 is 15.8. The molecule has 0 unspecified atom stereocenters. The molecule has 7 heteroatoms. The molecule has 3 rings (SSSR count). The Labute approximate surface area is 125 Å². The molecule has 1 aromatic heterocycles. The van der Waals surface area contributed by atoms with Gasteiger partial charge in [0.25, 0.3) is 0 Å². The maximum Gasteiger partial charge on any atom is 0.316 e. The fraction of sp³-hybridized carbons (Fsp3) is 0.231. The number of aromatic nitrogens is 1. The third-order valence-corrected chi connectivity index (χ3v) is 3.20. The molecular weight excluding hydrogens is 303 g/mol. The number of halogens is 2. The summed E-state index contributed by atoms with van der Waals surface area (Å²) in [6.07, 6.45) is 0. The van der Waals surface area contributed by atoms with E-state index in [1.165, 1.54) is 0 Å². The quantitative estimate of drug-likeness (QED) is 0.863. The van der Waals surface area contributed by atoms with Gasteiger partial charge >= 0.3 is 5.95 Å². The Kier molecular flexibility index (Phi) is 3.54. The molecule has 0 amide bonds. The molecule has 0 N–H and O–H groups in total. The molecule has 2 aromatic rings. The van der Waals surface area contributed by atoms with E-state index in [9.17, 15) is 0 Å². The van der Waals surface area contributed by atoms with Gasteiger partial charge in [-0.05, 0) is 19.1 Å². The molecule has 0 atom stereocenters. The van der Waals surface area contributed by atoms with E-state index in [-0.39, 0.29) is 5.95 Å². The van der Waals surface area contributed by atoms with Crippen LogP contribution in [0.1, 0.15) is 11.3 Å². The summed E-state index contributed by atoms with van der Waals surface area (Å²) in [5.74, 6) is 1.08. The summed E-state index contributed by atoms with van der Waals surface area (Å²) in [5, 5.41) is 4.42. The molecule has 0 bridgehead atoms. The van der Waals surface area contributed by atoms with Crippen LogP contribution in [0.4, 0.5) is 0 Å². The molecule has 2 heterocycles. The molecular formula is C13H10Cl2N2O3. The minimum Gasteiger partial charge on any atom is -0.476 e. The van der Waals surface area contributed by atoms with Crippen LogP contribution < -0.4 is 4.74 Å². The number of aliphatic imine (C=N–C) groups is 1. The minimum absolute atomic E-state index is 0.230. The average molecular weight is 313 g/mol. The molecule has 5 nitrogen and oxygen atoms in total. The van der Waals surface area contributed by atoms with Crippen LogP contribution in [0, 0.1) is 6.92 Å². The number of benzene rings is 1. The van der Waals surface area contributed by atoms with Crippen LogP contribution in [-0.2, 0) is 4.74 Å². The van der Waals surface area contributed by atoms with E-state index in [0.717, 1.165) is 5.56 Å². The van der Waals surface area contributed by atoms with Crippen molar-refractivity contribution in [3.05, 3.63) is 39.5 Å². The van der Waals surface area contributed by atoms with Crippen LogP contribution in [0.3, 0.4) is 0 Å². The van der Waals surface area contributed by atoms with Gasteiger partial charge in [-0.25, -0.2) is 4.99 Å². The van der Waals surface area contributed by atoms with Crippen LogP contribution in [0.2, 0.25) is 10.0 Å². The second-order valence-corrected chi connectivity index (χ2v) is 5.01. The summed E-state index contributed by atoms with van der Waals surface area (Å²) in [6.45, 7) is 3.00. The topological polar surface area (TPSA) is 56.9 Å². The van der Waals surface area contributed by atoms with Crippen LogP contribution in [-0.4, -0.2) is 24.2 Å². The second-order valence-electron chi connectivity index (χ2n) is 4.19. The van der Waals surface area contributed by atoms with Crippen molar-refractivity contribution in [2.75, 3.05) is 13.2 Å². The molecule has 0 saturated heterocycles. The second kappa shape index (κ2) is 5.34. The van der Waals surface area contributed by atoms with E-state index < -0.39 is 0 Å². The first-order chi connectivity index (χ1) is 9.63. The molecule has 104 valence electrons. The molecule has 0 saturated carbocycles. The van der Waals surface area contributed by atoms with Crippen molar-refractivity contribution in [1.29, 1.82) is 0 Å². The SMILES string of the molecule is Cc1cc(Oc2c(Cl)cc(C3=NCCO3)cc2Cl)on1. The highest BCUT2D eigenvalue weighted by molar-refractivity contribution is 6.37. The smallest absolute Gasteiger partial charge is 0.316 e. The number of hydrogen-bond donors (Lipinski definition) is 0. The van der Waals surface area contributed by atoms with E-state index in [1.54, 1.807) is 25.1 Å². The predicted molar refractivity (Wildman–Crippen MR) is 75.1 cm³/mol. The Morgan fingerprint density at radius 3 is 2.50 bits per heavy atom. The third-order valence-electron chi connectivity index (χ3n) is 2.64. The lowest BCUT2D eigenvalue weighted by Gasteiger charge is -2.09. The molecule has 0 radical (unpaired) electrons. The zero-order valence-electron chi connectivity index (χ0n) is 10.5. The molecule has 1 aromatic carbocycles. The zero-order chi connectivity index (χ0) is 14.1. The van der Waals surface area contributed by atoms with Crippen molar-refractivity contribution < 1.29 is 14.0 Å². The van der Waals surface area contributed by atoms with Crippen LogP contribution >= 0.6 is 23.2 Å². The normalized spacial score (nSPS) is 14.1. The standard InChI is InChI=1S/C13H10Cl2N2O3/c1-7-4-11(20-17-7)19-12-9(14)5-8(6-10(12)15)13-16-2-3-18-13/h4-6H,2-3H2,1H3. The number of rotatable bonds is 3. The van der Waals surface area contributed by atoms with E-state index in [0.29, 0.717) is 40.5 Å². The van der Waals surface area contributed by atoms with Gasteiger partial charge < -0.3 is 14.0 Å². The van der Waals surface area contributed by atoms with Gasteiger partial charge in [0.2, 0.25) is 5.90 Å². The summed E-state index contributed by atoms with van der Waals surface area (Å²) in [6, 6.07) is 5.02. The number of hydrogen-bond acceptors (Lipinski definition) is 5. The fourth-order valence-electron chi connectivity index (χ4n) is 1.78. The first-order valence-electron chi connectivity index (χ1n) is 5.91. The number of ether oxygens (including phenoxy) is 2. The van der Waals surface area contributed by atoms with Crippen molar-refractivity contribution in [2.24, 2.45) is 4.99 Å². The molecule has 0 spiro atoms. The Balaban J connectivity index is 1.92. The van der Waals surface area contributed by atoms with Gasteiger partial charge in [0.1, 0.15) is 6.61 Å². The lowest BCUT2D eigenvalue weighted by molar-refractivity contribution is 0.289. The summed E-state index contributed by atoms with van der Waals surface area (Å²) in [5.41, 5.74) is 1.43. The predicted octanol–water partition coefficient (Wildman–Crippen LogP) is 3.86. The summed E-state index contributed by atoms with van der Waals surface area (Å²) >= 11 is 12.4. The van der Waals surface area contributed by atoms with E-state index in [4.69, 9.17) is 37.2 Å². The summed E-state index contributed by atoms with van der Waals surface area (Å²) in [7, 11) is 0. The fourth-order valence-corrected chi connectivity index (χ4v) is 2.34. The largest absolute Gasteiger partial charge is 0.476 e. The Morgan fingerprint density at radius 1 is 1.20 bits per heavy atom. The molecule has 20 heavy (non-hydrogen) atoms. The van der Waals surface area contributed by atoms with Crippen molar-refractivity contribution in [3.63, 3.8) is 0 Å². The van der Waals surface area contributed by atoms with Gasteiger partial charge in [-0.15, -0.1) is 0 Å². The maximum absolute atomic E-state index is 6.19.